The van der Waals surface area contributed by atoms with Crippen molar-refractivity contribution < 1.29 is 23.5 Å². The number of benzene rings is 2. The molecule has 1 aromatic heterocycles. The van der Waals surface area contributed by atoms with Crippen LogP contribution in [0.5, 0.6) is 0 Å². The van der Waals surface area contributed by atoms with Gasteiger partial charge in [-0.25, -0.2) is 14.2 Å². The third-order valence-corrected chi connectivity index (χ3v) is 7.60. The molecular weight excluding hydrogens is 532 g/mol. The summed E-state index contributed by atoms with van der Waals surface area (Å²) in [5.41, 5.74) is -0.137. The molecule has 0 saturated heterocycles. The molecule has 6 rings (SSSR count). The number of ether oxygens (including phenoxy) is 1. The van der Waals surface area contributed by atoms with Gasteiger partial charge in [-0.1, -0.05) is 60.1 Å². The fourth-order valence-corrected chi connectivity index (χ4v) is 5.92. The highest BCUT2D eigenvalue weighted by Crippen LogP contribution is 2.71. The summed E-state index contributed by atoms with van der Waals surface area (Å²) >= 11 is 11.8. The molecule has 1 heterocycles. The fraction of sp³-hybridized carbons (Fsp3) is 0.286. The molecule has 3 aliphatic rings. The number of carbonyl (C=O) groups is 3. The van der Waals surface area contributed by atoms with Gasteiger partial charge in [0.25, 0.3) is 0 Å². The molecule has 3 fully saturated rings. The number of hydrogen-bond acceptors (Lipinski definition) is 5. The Hall–Kier alpha value is -3.49. The van der Waals surface area contributed by atoms with Gasteiger partial charge in [-0.3, -0.25) is 9.59 Å². The number of amides is 2. The van der Waals surface area contributed by atoms with E-state index in [0.29, 0.717) is 24.8 Å². The number of nitrogens with one attached hydrogen (secondary N) is 1. The van der Waals surface area contributed by atoms with Gasteiger partial charge in [-0.2, -0.15) is 0 Å². The Morgan fingerprint density at radius 1 is 1.05 bits per heavy atom. The van der Waals surface area contributed by atoms with Gasteiger partial charge in [0.15, 0.2) is 11.6 Å². The monoisotopic (exact) mass is 555 g/mol. The van der Waals surface area contributed by atoms with E-state index in [1.807, 2.05) is 36.4 Å². The first-order valence-corrected chi connectivity index (χ1v) is 13.0. The average Bonchev–Trinajstić information content (AvgIpc) is 2.88. The predicted octanol–water partition coefficient (Wildman–Crippen LogP) is 5.23. The Labute approximate surface area is 228 Å². The molecule has 38 heavy (non-hydrogen) atoms. The molecule has 0 aliphatic heterocycles. The van der Waals surface area contributed by atoms with E-state index in [4.69, 9.17) is 27.9 Å². The van der Waals surface area contributed by atoms with Gasteiger partial charge >= 0.3 is 5.97 Å². The number of aromatic nitrogens is 1. The minimum Gasteiger partial charge on any atom is -0.455 e. The van der Waals surface area contributed by atoms with Crippen LogP contribution in [0.4, 0.5) is 10.2 Å². The van der Waals surface area contributed by atoms with E-state index in [-0.39, 0.29) is 23.3 Å². The molecule has 10 heteroatoms. The molecule has 1 N–H and O–H groups in total. The van der Waals surface area contributed by atoms with Crippen molar-refractivity contribution in [3.05, 3.63) is 94.9 Å². The van der Waals surface area contributed by atoms with Gasteiger partial charge in [-0.15, -0.1) is 11.6 Å². The van der Waals surface area contributed by atoms with Crippen LogP contribution < -0.4 is 5.32 Å². The van der Waals surface area contributed by atoms with Crippen molar-refractivity contribution in [3.63, 3.8) is 0 Å². The second-order valence-corrected chi connectivity index (χ2v) is 10.6. The van der Waals surface area contributed by atoms with E-state index >= 15 is 0 Å². The van der Waals surface area contributed by atoms with Gasteiger partial charge in [0.2, 0.25) is 11.8 Å². The molecule has 3 aliphatic carbocycles. The number of carbonyl (C=O) groups excluding carboxylic acids is 3. The van der Waals surface area contributed by atoms with Crippen molar-refractivity contribution in [2.45, 2.75) is 37.5 Å². The van der Waals surface area contributed by atoms with Crippen molar-refractivity contribution in [1.82, 2.24) is 9.88 Å². The molecule has 3 saturated carbocycles. The van der Waals surface area contributed by atoms with E-state index in [2.05, 4.69) is 10.3 Å². The number of esters is 1. The zero-order chi connectivity index (χ0) is 26.9. The number of hydrogen-bond donors (Lipinski definition) is 1. The van der Waals surface area contributed by atoms with Crippen LogP contribution in [0.25, 0.3) is 0 Å². The SMILES string of the molecule is O=C(OC12CC(C(C(=O)Nc3ncc(Cl)cc3F)N(Cc3ccccc3)C(=O)CCl)(C1)C2)c1ccccc1. The second kappa shape index (κ2) is 10.3. The van der Waals surface area contributed by atoms with Crippen molar-refractivity contribution in [1.29, 1.82) is 0 Å². The molecule has 196 valence electrons. The minimum absolute atomic E-state index is 0.0849. The van der Waals surface area contributed by atoms with Gasteiger partial charge in [0.05, 0.1) is 10.6 Å². The van der Waals surface area contributed by atoms with Crippen molar-refractivity contribution in [3.8, 4) is 0 Å². The zero-order valence-electron chi connectivity index (χ0n) is 20.2. The maximum absolute atomic E-state index is 14.5. The van der Waals surface area contributed by atoms with Crippen LogP contribution in [-0.2, 0) is 20.9 Å². The summed E-state index contributed by atoms with van der Waals surface area (Å²) < 4.78 is 20.3. The highest BCUT2D eigenvalue weighted by atomic mass is 35.5. The van der Waals surface area contributed by atoms with Gasteiger partial charge in [0, 0.05) is 18.2 Å². The summed E-state index contributed by atoms with van der Waals surface area (Å²) in [5.74, 6) is -2.91. The first-order chi connectivity index (χ1) is 18.2. The lowest BCUT2D eigenvalue weighted by Crippen LogP contribution is -2.77. The number of alkyl halides is 1. The fourth-order valence-electron chi connectivity index (χ4n) is 5.62. The summed E-state index contributed by atoms with van der Waals surface area (Å²) in [4.78, 5) is 44.8. The van der Waals surface area contributed by atoms with Gasteiger partial charge in [-0.05, 0) is 43.0 Å². The van der Waals surface area contributed by atoms with E-state index in [1.165, 1.54) is 11.1 Å². The van der Waals surface area contributed by atoms with Crippen LogP contribution in [0.3, 0.4) is 0 Å². The van der Waals surface area contributed by atoms with Crippen molar-refractivity contribution in [2.24, 2.45) is 5.41 Å². The van der Waals surface area contributed by atoms with Crippen LogP contribution in [0, 0.1) is 11.2 Å². The quantitative estimate of drug-likeness (QED) is 0.288. The van der Waals surface area contributed by atoms with E-state index in [1.54, 1.807) is 24.3 Å². The number of nitrogens with zero attached hydrogens (tertiary/aromatic N) is 2. The highest BCUT2D eigenvalue weighted by Gasteiger charge is 2.75. The van der Waals surface area contributed by atoms with Crippen LogP contribution >= 0.6 is 23.2 Å². The van der Waals surface area contributed by atoms with Gasteiger partial charge < -0.3 is 15.0 Å². The smallest absolute Gasteiger partial charge is 0.338 e. The van der Waals surface area contributed by atoms with Crippen LogP contribution in [0.1, 0.15) is 35.2 Å². The summed E-state index contributed by atoms with van der Waals surface area (Å²) in [5, 5.41) is 2.62. The lowest BCUT2D eigenvalue weighted by molar-refractivity contribution is -0.277. The first kappa shape index (κ1) is 26.1. The van der Waals surface area contributed by atoms with Crippen molar-refractivity contribution >= 4 is 46.8 Å². The van der Waals surface area contributed by atoms with E-state index in [0.717, 1.165) is 11.6 Å². The highest BCUT2D eigenvalue weighted by molar-refractivity contribution is 6.30. The third kappa shape index (κ3) is 4.98. The Balaban J connectivity index is 1.41. The van der Waals surface area contributed by atoms with E-state index < -0.39 is 40.7 Å². The molecule has 2 aromatic carbocycles. The minimum atomic E-state index is -0.997. The van der Waals surface area contributed by atoms with Crippen molar-refractivity contribution in [2.75, 3.05) is 11.2 Å². The number of anilines is 1. The molecular formula is C28H24Cl2FN3O4. The predicted molar refractivity (Wildman–Crippen MR) is 140 cm³/mol. The Morgan fingerprint density at radius 3 is 2.29 bits per heavy atom. The lowest BCUT2D eigenvalue weighted by atomic mass is 9.38. The number of pyridine rings is 1. The topological polar surface area (TPSA) is 88.6 Å². The maximum Gasteiger partial charge on any atom is 0.338 e. The molecule has 0 radical (unpaired) electrons. The van der Waals surface area contributed by atoms with Gasteiger partial charge in [0.1, 0.15) is 17.5 Å². The number of halogens is 3. The summed E-state index contributed by atoms with van der Waals surface area (Å²) in [6, 6.07) is 17.9. The molecule has 0 spiro atoms. The molecule has 2 bridgehead atoms. The summed E-state index contributed by atoms with van der Waals surface area (Å²) in [6.45, 7) is 0.125. The molecule has 3 aromatic rings. The standard InChI is InChI=1S/C28H24Cl2FN3O4/c29-12-22(35)34(14-18-7-3-1-4-8-18)23(25(36)33-24-21(31)11-20(30)13-32-24)27-15-28(16-27,17-27)38-26(37)19-9-5-2-6-10-19/h1-11,13,23H,12,14-17H2,(H,32,33,36). The normalized spacial score (nSPS) is 21.9. The maximum atomic E-state index is 14.5. The Morgan fingerprint density at radius 2 is 1.68 bits per heavy atom. The van der Waals surface area contributed by atoms with Crippen LogP contribution in [-0.4, -0.2) is 45.2 Å². The number of rotatable bonds is 9. The molecule has 1 unspecified atom stereocenters. The molecule has 2 amide bonds. The Bertz CT molecular complexity index is 1350. The largest absolute Gasteiger partial charge is 0.455 e. The zero-order valence-corrected chi connectivity index (χ0v) is 21.7. The molecule has 7 nitrogen and oxygen atoms in total. The second-order valence-electron chi connectivity index (χ2n) is 9.85. The average molecular weight is 556 g/mol. The molecule has 1 atom stereocenters. The lowest BCUT2D eigenvalue weighted by Gasteiger charge is -2.71. The van der Waals surface area contributed by atoms with Crippen LogP contribution in [0.15, 0.2) is 72.9 Å². The summed E-state index contributed by atoms with van der Waals surface area (Å²) in [7, 11) is 0. The summed E-state index contributed by atoms with van der Waals surface area (Å²) in [6.07, 6.45) is 2.37. The third-order valence-electron chi connectivity index (χ3n) is 7.16. The van der Waals surface area contributed by atoms with E-state index in [9.17, 15) is 18.8 Å². The van der Waals surface area contributed by atoms with Crippen LogP contribution in [0.2, 0.25) is 5.02 Å². The Kier molecular flexibility index (Phi) is 7.11. The first-order valence-electron chi connectivity index (χ1n) is 12.0.